The summed E-state index contributed by atoms with van der Waals surface area (Å²) in [7, 11) is 1.38. The number of nitrogens with zero attached hydrogens (tertiary/aromatic N) is 1. The summed E-state index contributed by atoms with van der Waals surface area (Å²) in [6.07, 6.45) is 0.940. The zero-order valence-corrected chi connectivity index (χ0v) is 18.6. The minimum Gasteiger partial charge on any atom is -0.493 e. The summed E-state index contributed by atoms with van der Waals surface area (Å²) in [4.78, 5) is 40.6. The van der Waals surface area contributed by atoms with Crippen molar-refractivity contribution in [1.82, 2.24) is 10.3 Å². The molecule has 1 N–H and O–H groups in total. The number of hydrogen-bond donors (Lipinski definition) is 1. The van der Waals surface area contributed by atoms with Crippen LogP contribution in [0.3, 0.4) is 0 Å². The van der Waals surface area contributed by atoms with Crippen LogP contribution in [0.5, 0.6) is 11.5 Å². The van der Waals surface area contributed by atoms with Crippen LogP contribution in [0.15, 0.2) is 36.5 Å². The van der Waals surface area contributed by atoms with E-state index in [2.05, 4.69) is 10.3 Å². The van der Waals surface area contributed by atoms with Crippen molar-refractivity contribution in [3.63, 3.8) is 0 Å². The predicted molar refractivity (Wildman–Crippen MR) is 114 cm³/mol. The molecular weight excluding hydrogens is 400 g/mol. The lowest BCUT2D eigenvalue weighted by molar-refractivity contribution is -0.151. The molecule has 1 aromatic carbocycles. The van der Waals surface area contributed by atoms with Gasteiger partial charge in [-0.15, -0.1) is 0 Å². The summed E-state index contributed by atoms with van der Waals surface area (Å²) in [6, 6.07) is 8.42. The number of methoxy groups -OCH3 is 1. The topological polar surface area (TPSA) is 104 Å². The van der Waals surface area contributed by atoms with Gasteiger partial charge in [0.2, 0.25) is 5.75 Å². The Morgan fingerprint density at radius 3 is 2.35 bits per heavy atom. The van der Waals surface area contributed by atoms with Crippen LogP contribution in [0.4, 0.5) is 0 Å². The lowest BCUT2D eigenvalue weighted by Crippen LogP contribution is -2.41. The van der Waals surface area contributed by atoms with E-state index in [1.807, 2.05) is 45.0 Å². The average Bonchev–Trinajstić information content (AvgIpc) is 2.73. The number of esters is 2. The van der Waals surface area contributed by atoms with E-state index in [1.54, 1.807) is 0 Å². The zero-order chi connectivity index (χ0) is 23.1. The fraction of sp³-hybridized carbons (Fsp3) is 0.391. The van der Waals surface area contributed by atoms with E-state index in [9.17, 15) is 14.4 Å². The third-order valence-corrected chi connectivity index (χ3v) is 4.94. The molecule has 1 aromatic heterocycles. The highest BCUT2D eigenvalue weighted by Gasteiger charge is 2.27. The van der Waals surface area contributed by atoms with Crippen molar-refractivity contribution in [2.45, 2.75) is 52.7 Å². The molecule has 1 heterocycles. The van der Waals surface area contributed by atoms with Gasteiger partial charge < -0.3 is 19.5 Å². The van der Waals surface area contributed by atoms with Crippen molar-refractivity contribution in [3.8, 4) is 11.5 Å². The highest BCUT2D eigenvalue weighted by molar-refractivity contribution is 5.98. The van der Waals surface area contributed by atoms with Gasteiger partial charge in [-0.1, -0.05) is 31.2 Å². The van der Waals surface area contributed by atoms with E-state index in [0.717, 1.165) is 11.1 Å². The predicted octanol–water partition coefficient (Wildman–Crippen LogP) is 3.18. The quantitative estimate of drug-likeness (QED) is 0.644. The number of benzene rings is 1. The minimum atomic E-state index is -0.947. The van der Waals surface area contributed by atoms with Crippen LogP contribution in [0, 0.1) is 6.92 Å². The number of aryl methyl sites for hydroxylation is 1. The molecule has 8 heteroatoms. The standard InChI is InChI=1S/C23H28N2O6/c1-13-9-7-8-10-18(13)14(2)16(4)30-23(28)15(3)25-22(27)20-21(31-17(5)26)19(29-6)11-12-24-20/h7-12,14-16H,1-6H3,(H,25,27)/t14?,15-,16?/m0/s1. The first-order valence-corrected chi connectivity index (χ1v) is 9.94. The van der Waals surface area contributed by atoms with Gasteiger partial charge in [-0.05, 0) is 31.9 Å². The Morgan fingerprint density at radius 2 is 1.74 bits per heavy atom. The number of nitrogens with one attached hydrogen (secondary N) is 1. The maximum atomic E-state index is 12.7. The number of pyridine rings is 1. The number of carbonyl (C=O) groups excluding carboxylic acids is 3. The number of rotatable bonds is 8. The van der Waals surface area contributed by atoms with Crippen molar-refractivity contribution < 1.29 is 28.6 Å². The first-order valence-electron chi connectivity index (χ1n) is 9.94. The summed E-state index contributed by atoms with van der Waals surface area (Å²) in [5, 5.41) is 2.53. The molecule has 0 spiro atoms. The Hall–Kier alpha value is -3.42. The van der Waals surface area contributed by atoms with Gasteiger partial charge in [-0.25, -0.2) is 9.78 Å². The third kappa shape index (κ3) is 6.04. The van der Waals surface area contributed by atoms with Crippen LogP contribution < -0.4 is 14.8 Å². The summed E-state index contributed by atoms with van der Waals surface area (Å²) in [6.45, 7) is 8.51. The first kappa shape index (κ1) is 23.9. The number of hydrogen-bond acceptors (Lipinski definition) is 7. The van der Waals surface area contributed by atoms with Crippen LogP contribution in [0.25, 0.3) is 0 Å². The molecule has 0 bridgehead atoms. The molecule has 2 aromatic rings. The number of carbonyl (C=O) groups is 3. The van der Waals surface area contributed by atoms with Crippen molar-refractivity contribution in [1.29, 1.82) is 0 Å². The smallest absolute Gasteiger partial charge is 0.328 e. The molecule has 0 saturated heterocycles. The largest absolute Gasteiger partial charge is 0.493 e. The van der Waals surface area contributed by atoms with E-state index < -0.39 is 30.0 Å². The van der Waals surface area contributed by atoms with Crippen LogP contribution in [-0.4, -0.2) is 42.1 Å². The normalized spacial score (nSPS) is 13.5. The molecule has 8 nitrogen and oxygen atoms in total. The SMILES string of the molecule is COc1ccnc(C(=O)N[C@@H](C)C(=O)OC(C)C(C)c2ccccc2C)c1OC(C)=O. The molecule has 166 valence electrons. The summed E-state index contributed by atoms with van der Waals surface area (Å²) in [5.74, 6) is -1.88. The number of amides is 1. The Bertz CT molecular complexity index is 959. The third-order valence-electron chi connectivity index (χ3n) is 4.94. The highest BCUT2D eigenvalue weighted by Crippen LogP contribution is 2.30. The van der Waals surface area contributed by atoms with Gasteiger partial charge in [0.15, 0.2) is 11.4 Å². The lowest BCUT2D eigenvalue weighted by atomic mass is 9.92. The molecule has 0 saturated carbocycles. The van der Waals surface area contributed by atoms with Gasteiger partial charge in [0, 0.05) is 25.1 Å². The van der Waals surface area contributed by atoms with Crippen molar-refractivity contribution in [2.24, 2.45) is 0 Å². The number of aromatic nitrogens is 1. The molecule has 0 aliphatic heterocycles. The van der Waals surface area contributed by atoms with E-state index >= 15 is 0 Å². The second-order valence-electron chi connectivity index (χ2n) is 7.27. The molecule has 0 fully saturated rings. The summed E-state index contributed by atoms with van der Waals surface area (Å²) < 4.78 is 15.8. The fourth-order valence-corrected chi connectivity index (χ4v) is 3.06. The second kappa shape index (κ2) is 10.6. The van der Waals surface area contributed by atoms with Crippen LogP contribution in [-0.2, 0) is 14.3 Å². The van der Waals surface area contributed by atoms with E-state index in [0.29, 0.717) is 0 Å². The Labute approximate surface area is 181 Å². The average molecular weight is 428 g/mol. The molecule has 2 unspecified atom stereocenters. The maximum Gasteiger partial charge on any atom is 0.328 e. The van der Waals surface area contributed by atoms with E-state index in [-0.39, 0.29) is 23.1 Å². The van der Waals surface area contributed by atoms with E-state index in [1.165, 1.54) is 33.2 Å². The molecule has 3 atom stereocenters. The fourth-order valence-electron chi connectivity index (χ4n) is 3.06. The maximum absolute atomic E-state index is 12.7. The van der Waals surface area contributed by atoms with Crippen molar-refractivity contribution >= 4 is 17.8 Å². The molecular formula is C23H28N2O6. The molecule has 2 rings (SSSR count). The van der Waals surface area contributed by atoms with E-state index in [4.69, 9.17) is 14.2 Å². The van der Waals surface area contributed by atoms with Gasteiger partial charge in [-0.3, -0.25) is 9.59 Å². The Kier molecular flexibility index (Phi) is 8.13. The van der Waals surface area contributed by atoms with Gasteiger partial charge >= 0.3 is 11.9 Å². The first-order chi connectivity index (χ1) is 14.6. The molecule has 0 radical (unpaired) electrons. The summed E-state index contributed by atoms with van der Waals surface area (Å²) in [5.41, 5.74) is 2.03. The zero-order valence-electron chi connectivity index (χ0n) is 18.6. The van der Waals surface area contributed by atoms with Crippen LogP contribution in [0.2, 0.25) is 0 Å². The molecule has 1 amide bonds. The Balaban J connectivity index is 2.08. The number of ether oxygens (including phenoxy) is 3. The van der Waals surface area contributed by atoms with Gasteiger partial charge in [0.25, 0.3) is 5.91 Å². The molecule has 0 aliphatic rings. The minimum absolute atomic E-state index is 0.0244. The lowest BCUT2D eigenvalue weighted by Gasteiger charge is -2.24. The monoisotopic (exact) mass is 428 g/mol. The van der Waals surface area contributed by atoms with Crippen LogP contribution >= 0.6 is 0 Å². The van der Waals surface area contributed by atoms with Crippen molar-refractivity contribution in [2.75, 3.05) is 7.11 Å². The van der Waals surface area contributed by atoms with Gasteiger partial charge in [0.1, 0.15) is 12.1 Å². The van der Waals surface area contributed by atoms with Crippen molar-refractivity contribution in [3.05, 3.63) is 53.3 Å². The summed E-state index contributed by atoms with van der Waals surface area (Å²) >= 11 is 0. The molecule has 31 heavy (non-hydrogen) atoms. The highest BCUT2D eigenvalue weighted by atomic mass is 16.6. The molecule has 0 aliphatic carbocycles. The van der Waals surface area contributed by atoms with Gasteiger partial charge in [-0.2, -0.15) is 0 Å². The van der Waals surface area contributed by atoms with Gasteiger partial charge in [0.05, 0.1) is 7.11 Å². The second-order valence-corrected chi connectivity index (χ2v) is 7.27. The van der Waals surface area contributed by atoms with Crippen LogP contribution in [0.1, 0.15) is 55.2 Å². The Morgan fingerprint density at radius 1 is 1.06 bits per heavy atom.